The molecule has 0 saturated heterocycles. The third-order valence-corrected chi connectivity index (χ3v) is 10.0. The Balaban J connectivity index is 1.38. The molecule has 3 heterocycles. The Morgan fingerprint density at radius 1 is 0.694 bits per heavy atom. The smallest absolute Gasteiger partial charge is 0.417 e. The maximum absolute atomic E-state index is 11.3. The molecule has 0 bridgehead atoms. The average molecular weight is 639 g/mol. The zero-order valence-corrected chi connectivity index (χ0v) is 28.9. The molecule has 1 aliphatic heterocycles. The van der Waals surface area contributed by atoms with Gasteiger partial charge in [0.1, 0.15) is 11.6 Å². The molecule has 7 aromatic rings. The van der Waals surface area contributed by atoms with E-state index >= 15 is 0 Å². The van der Waals surface area contributed by atoms with Gasteiger partial charge >= 0.3 is 6.98 Å². The van der Waals surface area contributed by atoms with E-state index in [1.54, 1.807) is 6.07 Å². The van der Waals surface area contributed by atoms with Crippen molar-refractivity contribution in [3.8, 4) is 50.6 Å². The number of nitrogens with zero attached hydrogens (tertiary/aromatic N) is 4. The van der Waals surface area contributed by atoms with Crippen LogP contribution in [-0.4, -0.2) is 33.6 Å². The van der Waals surface area contributed by atoms with Crippen LogP contribution < -0.4 is 10.3 Å². The van der Waals surface area contributed by atoms with Crippen LogP contribution in [0.1, 0.15) is 37.5 Å². The molecule has 1 aliphatic rings. The summed E-state index contributed by atoms with van der Waals surface area (Å²) < 4.78 is 2.32. The van der Waals surface area contributed by atoms with E-state index in [1.807, 2.05) is 18.3 Å². The second-order valence-electron chi connectivity index (χ2n) is 14.3. The second kappa shape index (κ2) is 11.5. The summed E-state index contributed by atoms with van der Waals surface area (Å²) in [7, 11) is 2.11. The minimum Gasteiger partial charge on any atom is -0.507 e. The lowest BCUT2D eigenvalue weighted by Gasteiger charge is -2.36. The van der Waals surface area contributed by atoms with Crippen molar-refractivity contribution in [1.29, 1.82) is 0 Å². The van der Waals surface area contributed by atoms with Crippen molar-refractivity contribution in [2.75, 3.05) is 11.9 Å². The molecule has 0 saturated carbocycles. The molecule has 0 fully saturated rings. The van der Waals surface area contributed by atoms with Gasteiger partial charge in [-0.2, -0.15) is 0 Å². The molecule has 5 nitrogen and oxygen atoms in total. The third kappa shape index (κ3) is 5.10. The van der Waals surface area contributed by atoms with E-state index in [0.717, 1.165) is 56.1 Å². The molecule has 49 heavy (non-hydrogen) atoms. The minimum absolute atomic E-state index is 0.0932. The van der Waals surface area contributed by atoms with Gasteiger partial charge in [0.25, 0.3) is 0 Å². The van der Waals surface area contributed by atoms with Crippen LogP contribution in [0.2, 0.25) is 0 Å². The van der Waals surface area contributed by atoms with Gasteiger partial charge in [-0.05, 0) is 96.5 Å². The fourth-order valence-electron chi connectivity index (χ4n) is 7.45. The Bertz CT molecular complexity index is 2370. The van der Waals surface area contributed by atoms with Crippen molar-refractivity contribution >= 4 is 29.2 Å². The van der Waals surface area contributed by atoms with Gasteiger partial charge in [-0.15, -0.1) is 0 Å². The van der Waals surface area contributed by atoms with Crippen LogP contribution in [0.3, 0.4) is 0 Å². The number of aromatic hydroxyl groups is 1. The summed E-state index contributed by atoms with van der Waals surface area (Å²) in [5.41, 5.74) is 14.9. The van der Waals surface area contributed by atoms with Gasteiger partial charge in [-0.25, -0.2) is 4.98 Å². The fourth-order valence-corrected chi connectivity index (χ4v) is 7.45. The van der Waals surface area contributed by atoms with Crippen LogP contribution in [0, 0.1) is 13.8 Å². The molecule has 6 heteroatoms. The first-order chi connectivity index (χ1) is 23.6. The number of phenols is 1. The average Bonchev–Trinajstić information content (AvgIpc) is 3.49. The Labute approximate surface area is 288 Å². The highest BCUT2D eigenvalue weighted by Crippen LogP contribution is 2.45. The molecule has 5 aromatic carbocycles. The van der Waals surface area contributed by atoms with E-state index in [2.05, 4.69) is 148 Å². The molecular weight excluding hydrogens is 599 g/mol. The molecule has 0 amide bonds. The molecular formula is C43H39BN4O. The summed E-state index contributed by atoms with van der Waals surface area (Å²) in [6.07, 6.45) is 1.90. The SMILES string of the molecule is Cc1cccc(C)c1B1N(C)c2cccc(O)c2-c2nc3c(-c4cc(-c5cc(-c6ccccc6)ccn5)cc(C(C)(C)C)c4)cccc3n21. The van der Waals surface area contributed by atoms with E-state index in [4.69, 9.17) is 9.97 Å². The van der Waals surface area contributed by atoms with Crippen LogP contribution in [0.15, 0.2) is 121 Å². The fraction of sp³-hybridized carbons (Fsp3) is 0.163. The molecule has 240 valence electrons. The number of phenolic OH excluding ortho intramolecular Hbond substituents is 1. The number of hydrogen-bond donors (Lipinski definition) is 1. The second-order valence-corrected chi connectivity index (χ2v) is 14.3. The molecule has 1 N–H and O–H groups in total. The molecule has 0 radical (unpaired) electrons. The van der Waals surface area contributed by atoms with Gasteiger partial charge in [0, 0.05) is 23.0 Å². The lowest BCUT2D eigenvalue weighted by molar-refractivity contribution is 0.477. The Hall–Kier alpha value is -5.62. The standard InChI is InChI=1S/C43H39BN4O/c1-27-13-10-14-28(2)40(27)44-47(6)36-18-12-20-38(49)39(36)42-46-41-34(17-11-19-37(41)48(42)44)31-23-32(25-33(24-31)43(3,4)5)35-26-30(21-22-45-35)29-15-8-7-9-16-29/h7-26,49H,1-6H3. The van der Waals surface area contributed by atoms with Crippen LogP contribution in [-0.2, 0) is 5.41 Å². The summed E-state index contributed by atoms with van der Waals surface area (Å²) in [6, 6.07) is 40.2. The predicted octanol–water partition coefficient (Wildman–Crippen LogP) is 9.41. The van der Waals surface area contributed by atoms with E-state index in [0.29, 0.717) is 0 Å². The van der Waals surface area contributed by atoms with E-state index in [-0.39, 0.29) is 18.1 Å². The topological polar surface area (TPSA) is 54.2 Å². The number of para-hydroxylation sites is 1. The van der Waals surface area contributed by atoms with Crippen LogP contribution in [0.25, 0.3) is 55.9 Å². The first-order valence-corrected chi connectivity index (χ1v) is 16.9. The van der Waals surface area contributed by atoms with Crippen LogP contribution in [0.5, 0.6) is 5.75 Å². The lowest BCUT2D eigenvalue weighted by atomic mass is 9.60. The van der Waals surface area contributed by atoms with Gasteiger partial charge in [-0.1, -0.05) is 105 Å². The van der Waals surface area contributed by atoms with Crippen molar-refractivity contribution in [3.63, 3.8) is 0 Å². The number of anilines is 1. The Morgan fingerprint density at radius 2 is 1.41 bits per heavy atom. The number of benzene rings is 5. The maximum Gasteiger partial charge on any atom is 0.417 e. The molecule has 0 aliphatic carbocycles. The normalized spacial score (nSPS) is 12.7. The number of aryl methyl sites for hydroxylation is 2. The number of rotatable bonds is 4. The van der Waals surface area contributed by atoms with Crippen LogP contribution in [0.4, 0.5) is 5.69 Å². The number of hydrogen-bond acceptors (Lipinski definition) is 4. The highest BCUT2D eigenvalue weighted by molar-refractivity contribution is 6.77. The maximum atomic E-state index is 11.3. The van der Waals surface area contributed by atoms with Crippen molar-refractivity contribution in [3.05, 3.63) is 138 Å². The lowest BCUT2D eigenvalue weighted by Crippen LogP contribution is -2.56. The molecule has 0 unspecified atom stereocenters. The predicted molar refractivity (Wildman–Crippen MR) is 205 cm³/mol. The van der Waals surface area contributed by atoms with Crippen LogP contribution >= 0.6 is 0 Å². The summed E-state index contributed by atoms with van der Waals surface area (Å²) in [5.74, 6) is 0.995. The molecule has 2 aromatic heterocycles. The van der Waals surface area contributed by atoms with Crippen molar-refractivity contribution in [2.45, 2.75) is 40.0 Å². The van der Waals surface area contributed by atoms with Gasteiger partial charge in [-0.3, -0.25) is 4.98 Å². The molecule has 0 atom stereocenters. The summed E-state index contributed by atoms with van der Waals surface area (Å²) in [5, 5.41) is 11.3. The monoisotopic (exact) mass is 638 g/mol. The highest BCUT2D eigenvalue weighted by Gasteiger charge is 2.40. The summed E-state index contributed by atoms with van der Waals surface area (Å²) in [6.45, 7) is 11.0. The quantitative estimate of drug-likeness (QED) is 0.195. The minimum atomic E-state index is -0.146. The number of fused-ring (bicyclic) bond motifs is 5. The molecule has 0 spiro atoms. The van der Waals surface area contributed by atoms with Gasteiger partial charge in [0.15, 0.2) is 0 Å². The number of aromatic nitrogens is 3. The first-order valence-electron chi connectivity index (χ1n) is 16.9. The highest BCUT2D eigenvalue weighted by atomic mass is 16.3. The van der Waals surface area contributed by atoms with Crippen molar-refractivity contribution in [2.24, 2.45) is 0 Å². The first kappa shape index (κ1) is 30.7. The number of pyridine rings is 1. The van der Waals surface area contributed by atoms with Gasteiger partial charge in [0.05, 0.1) is 22.3 Å². The van der Waals surface area contributed by atoms with E-state index < -0.39 is 0 Å². The zero-order chi connectivity index (χ0) is 34.0. The summed E-state index contributed by atoms with van der Waals surface area (Å²) >= 11 is 0. The van der Waals surface area contributed by atoms with Crippen molar-refractivity contribution in [1.82, 2.24) is 14.4 Å². The van der Waals surface area contributed by atoms with Gasteiger partial charge < -0.3 is 14.4 Å². The summed E-state index contributed by atoms with van der Waals surface area (Å²) in [4.78, 5) is 12.5. The van der Waals surface area contributed by atoms with Gasteiger partial charge in [0.2, 0.25) is 0 Å². The molecule has 8 rings (SSSR count). The zero-order valence-electron chi connectivity index (χ0n) is 28.9. The number of imidazole rings is 1. The third-order valence-electron chi connectivity index (χ3n) is 10.0. The Morgan fingerprint density at radius 3 is 2.16 bits per heavy atom. The largest absolute Gasteiger partial charge is 0.507 e. The van der Waals surface area contributed by atoms with E-state index in [1.165, 1.54) is 27.7 Å². The Kier molecular flexibility index (Phi) is 7.22. The van der Waals surface area contributed by atoms with Crippen molar-refractivity contribution < 1.29 is 5.11 Å². The van der Waals surface area contributed by atoms with E-state index in [9.17, 15) is 5.11 Å².